The first-order chi connectivity index (χ1) is 6.79. The van der Waals surface area contributed by atoms with E-state index in [1.165, 1.54) is 6.08 Å². The lowest BCUT2D eigenvalue weighted by molar-refractivity contribution is -0.117. The molecule has 0 aliphatic carbocycles. The van der Waals surface area contributed by atoms with Gasteiger partial charge in [0.15, 0.2) is 0 Å². The molecule has 2 saturated heterocycles. The third-order valence-corrected chi connectivity index (χ3v) is 2.76. The zero-order valence-electron chi connectivity index (χ0n) is 8.07. The van der Waals surface area contributed by atoms with Crippen molar-refractivity contribution in [1.29, 1.82) is 0 Å². The largest absolute Gasteiger partial charge is 0.378 e. The summed E-state index contributed by atoms with van der Waals surface area (Å²) in [5.41, 5.74) is 0. The highest BCUT2D eigenvalue weighted by atomic mass is 16.6. The van der Waals surface area contributed by atoms with E-state index in [0.717, 1.165) is 13.0 Å². The predicted octanol–water partition coefficient (Wildman–Crippen LogP) is 0.0925. The molecule has 2 rings (SSSR count). The van der Waals surface area contributed by atoms with Crippen LogP contribution < -0.4 is 5.32 Å². The molecule has 14 heavy (non-hydrogen) atoms. The Hall–Kier alpha value is -0.870. The second-order valence-electron chi connectivity index (χ2n) is 3.78. The molecular weight excluding hydrogens is 182 g/mol. The van der Waals surface area contributed by atoms with Crippen LogP contribution in [0.25, 0.3) is 0 Å². The summed E-state index contributed by atoms with van der Waals surface area (Å²) < 4.78 is 11.0. The van der Waals surface area contributed by atoms with Gasteiger partial charge in [-0.1, -0.05) is 6.58 Å². The minimum Gasteiger partial charge on any atom is -0.378 e. The van der Waals surface area contributed by atoms with Crippen LogP contribution in [0.5, 0.6) is 0 Å². The Labute approximate surface area is 83.3 Å². The highest BCUT2D eigenvalue weighted by molar-refractivity contribution is 5.86. The lowest BCUT2D eigenvalue weighted by Gasteiger charge is -2.12. The lowest BCUT2D eigenvalue weighted by Crippen LogP contribution is -2.31. The third-order valence-electron chi connectivity index (χ3n) is 2.76. The van der Waals surface area contributed by atoms with Gasteiger partial charge in [0.1, 0.15) is 0 Å². The van der Waals surface area contributed by atoms with Crippen LogP contribution in [0.15, 0.2) is 12.7 Å². The number of carbonyl (C=O) groups excluding carboxylic acids is 1. The molecule has 78 valence electrons. The Morgan fingerprint density at radius 1 is 1.57 bits per heavy atom. The highest BCUT2D eigenvalue weighted by Gasteiger charge is 2.39. The van der Waals surface area contributed by atoms with Crippen LogP contribution in [-0.4, -0.2) is 37.9 Å². The Morgan fingerprint density at radius 3 is 3.14 bits per heavy atom. The molecule has 1 unspecified atom stereocenters. The fourth-order valence-electron chi connectivity index (χ4n) is 2.01. The molecule has 0 saturated carbocycles. The summed E-state index contributed by atoms with van der Waals surface area (Å²) in [6.07, 6.45) is 2.67. The van der Waals surface area contributed by atoms with Crippen molar-refractivity contribution in [2.45, 2.75) is 18.6 Å². The second kappa shape index (κ2) is 4.11. The van der Waals surface area contributed by atoms with Gasteiger partial charge in [0.2, 0.25) is 5.91 Å². The summed E-state index contributed by atoms with van der Waals surface area (Å²) in [5.74, 6) is 0.391. The Morgan fingerprint density at radius 2 is 2.43 bits per heavy atom. The van der Waals surface area contributed by atoms with E-state index in [4.69, 9.17) is 9.47 Å². The summed E-state index contributed by atoms with van der Waals surface area (Å²) in [5, 5.41) is 2.74. The zero-order chi connectivity index (χ0) is 9.97. The van der Waals surface area contributed by atoms with E-state index in [0.29, 0.717) is 19.1 Å². The van der Waals surface area contributed by atoms with Gasteiger partial charge in [-0.2, -0.15) is 0 Å². The molecule has 2 heterocycles. The molecule has 3 atom stereocenters. The van der Waals surface area contributed by atoms with Gasteiger partial charge >= 0.3 is 0 Å². The smallest absolute Gasteiger partial charge is 0.243 e. The maximum atomic E-state index is 10.9. The first-order valence-electron chi connectivity index (χ1n) is 4.93. The van der Waals surface area contributed by atoms with Crippen molar-refractivity contribution in [1.82, 2.24) is 5.32 Å². The first kappa shape index (κ1) is 9.68. The average Bonchev–Trinajstić information content (AvgIpc) is 2.73. The molecule has 0 aromatic rings. The Bertz CT molecular complexity index is 230. The van der Waals surface area contributed by atoms with Crippen LogP contribution in [0.2, 0.25) is 0 Å². The number of ether oxygens (including phenoxy) is 2. The molecule has 1 amide bonds. The molecule has 4 heteroatoms. The minimum absolute atomic E-state index is 0.137. The summed E-state index contributed by atoms with van der Waals surface area (Å²) in [6, 6.07) is 0. The van der Waals surface area contributed by atoms with E-state index in [9.17, 15) is 4.79 Å². The molecule has 0 bridgehead atoms. The van der Waals surface area contributed by atoms with E-state index < -0.39 is 0 Å². The second-order valence-corrected chi connectivity index (χ2v) is 3.78. The minimum atomic E-state index is -0.137. The third kappa shape index (κ3) is 1.96. The lowest BCUT2D eigenvalue weighted by atomic mass is 10.0. The van der Waals surface area contributed by atoms with Crippen LogP contribution in [0.1, 0.15) is 6.42 Å². The fraction of sp³-hybridized carbons (Fsp3) is 0.700. The summed E-state index contributed by atoms with van der Waals surface area (Å²) in [7, 11) is 0. The van der Waals surface area contributed by atoms with Gasteiger partial charge in [0.25, 0.3) is 0 Å². The quantitative estimate of drug-likeness (QED) is 0.652. The molecular formula is C10H15NO3. The van der Waals surface area contributed by atoms with Crippen LogP contribution in [0, 0.1) is 5.92 Å². The van der Waals surface area contributed by atoms with Gasteiger partial charge in [-0.05, 0) is 12.5 Å². The van der Waals surface area contributed by atoms with Crippen molar-refractivity contribution in [2.75, 3.05) is 19.8 Å². The molecule has 0 radical (unpaired) electrons. The van der Waals surface area contributed by atoms with Gasteiger partial charge in [0, 0.05) is 12.5 Å². The summed E-state index contributed by atoms with van der Waals surface area (Å²) in [4.78, 5) is 10.9. The molecule has 2 aliphatic heterocycles. The summed E-state index contributed by atoms with van der Waals surface area (Å²) >= 11 is 0. The van der Waals surface area contributed by atoms with Crippen molar-refractivity contribution >= 4 is 5.91 Å². The molecule has 0 aromatic heterocycles. The number of fused-ring (bicyclic) bond motifs is 1. The molecule has 1 N–H and O–H groups in total. The van der Waals surface area contributed by atoms with Gasteiger partial charge < -0.3 is 14.8 Å². The number of rotatable bonds is 3. The van der Waals surface area contributed by atoms with E-state index in [-0.39, 0.29) is 18.1 Å². The van der Waals surface area contributed by atoms with Crippen LogP contribution in [-0.2, 0) is 14.3 Å². The Balaban J connectivity index is 1.74. The zero-order valence-corrected chi connectivity index (χ0v) is 8.07. The number of carbonyl (C=O) groups is 1. The molecule has 2 fully saturated rings. The van der Waals surface area contributed by atoms with Gasteiger partial charge in [-0.25, -0.2) is 0 Å². The van der Waals surface area contributed by atoms with Crippen molar-refractivity contribution in [3.05, 3.63) is 12.7 Å². The number of hydrogen-bond acceptors (Lipinski definition) is 3. The van der Waals surface area contributed by atoms with E-state index in [2.05, 4.69) is 11.9 Å². The average molecular weight is 197 g/mol. The monoisotopic (exact) mass is 197 g/mol. The van der Waals surface area contributed by atoms with Crippen molar-refractivity contribution in [3.8, 4) is 0 Å². The van der Waals surface area contributed by atoms with Crippen molar-refractivity contribution in [3.63, 3.8) is 0 Å². The standard InChI is InChI=1S/C10H15NO3/c1-2-10(12)11-4-8-3-7-5-13-6-9(7)14-8/h2,7-9H,1,3-6H2,(H,11,12)/t7-,8?,9+/m1/s1. The topological polar surface area (TPSA) is 47.6 Å². The summed E-state index contributed by atoms with van der Waals surface area (Å²) in [6.45, 7) is 5.48. The van der Waals surface area contributed by atoms with Gasteiger partial charge in [-0.3, -0.25) is 4.79 Å². The number of hydrogen-bond donors (Lipinski definition) is 1. The van der Waals surface area contributed by atoms with Gasteiger partial charge in [-0.15, -0.1) is 0 Å². The van der Waals surface area contributed by atoms with Crippen LogP contribution >= 0.6 is 0 Å². The maximum Gasteiger partial charge on any atom is 0.243 e. The van der Waals surface area contributed by atoms with E-state index in [1.807, 2.05) is 0 Å². The Kier molecular flexibility index (Phi) is 2.84. The number of amides is 1. The first-order valence-corrected chi connectivity index (χ1v) is 4.93. The maximum absolute atomic E-state index is 10.9. The molecule has 0 spiro atoms. The van der Waals surface area contributed by atoms with Gasteiger partial charge in [0.05, 0.1) is 25.4 Å². The highest BCUT2D eigenvalue weighted by Crippen LogP contribution is 2.30. The number of nitrogens with one attached hydrogen (secondary N) is 1. The van der Waals surface area contributed by atoms with Crippen LogP contribution in [0.4, 0.5) is 0 Å². The normalized spacial score (nSPS) is 35.3. The fourth-order valence-corrected chi connectivity index (χ4v) is 2.01. The molecule has 4 nitrogen and oxygen atoms in total. The predicted molar refractivity (Wildman–Crippen MR) is 50.8 cm³/mol. The van der Waals surface area contributed by atoms with E-state index in [1.54, 1.807) is 0 Å². The van der Waals surface area contributed by atoms with E-state index >= 15 is 0 Å². The van der Waals surface area contributed by atoms with Crippen molar-refractivity contribution in [2.24, 2.45) is 5.92 Å². The molecule has 0 aromatic carbocycles. The molecule has 2 aliphatic rings. The van der Waals surface area contributed by atoms with Crippen molar-refractivity contribution < 1.29 is 14.3 Å². The SMILES string of the molecule is C=CC(=O)NCC1C[C@@H]2COC[C@@H]2O1. The van der Waals surface area contributed by atoms with Crippen LogP contribution in [0.3, 0.4) is 0 Å².